The van der Waals surface area contributed by atoms with Gasteiger partial charge in [0.2, 0.25) is 0 Å². The van der Waals surface area contributed by atoms with Crippen LogP contribution in [0.5, 0.6) is 5.75 Å². The minimum atomic E-state index is -4.45. The molecule has 1 aliphatic heterocycles. The molecule has 1 aromatic heterocycles. The number of aromatic carboxylic acids is 1. The molecule has 2 aromatic rings. The second kappa shape index (κ2) is 5.66. The number of carbonyl (C=O) groups is 1. The number of nitrogens with zero attached hydrogens (tertiary/aromatic N) is 3. The average molecular weight is 339 g/mol. The van der Waals surface area contributed by atoms with Crippen molar-refractivity contribution in [2.45, 2.75) is 19.6 Å². The summed E-state index contributed by atoms with van der Waals surface area (Å²) in [5.74, 6) is -0.524. The molecule has 9 heteroatoms. The molecule has 0 fully saturated rings. The summed E-state index contributed by atoms with van der Waals surface area (Å²) in [6.07, 6.45) is -3.34. The zero-order valence-corrected chi connectivity index (χ0v) is 12.5. The molecule has 0 aliphatic carbocycles. The summed E-state index contributed by atoms with van der Waals surface area (Å²) in [4.78, 5) is 20.4. The third-order valence-electron chi connectivity index (χ3n) is 3.68. The molecule has 126 valence electrons. The van der Waals surface area contributed by atoms with E-state index >= 15 is 0 Å². The highest BCUT2D eigenvalue weighted by Gasteiger charge is 2.32. The van der Waals surface area contributed by atoms with Gasteiger partial charge < -0.3 is 14.7 Å². The van der Waals surface area contributed by atoms with E-state index in [9.17, 15) is 18.0 Å². The average Bonchev–Trinajstić information content (AvgIpc) is 2.53. The van der Waals surface area contributed by atoms with Gasteiger partial charge in [-0.15, -0.1) is 0 Å². The molecule has 0 spiro atoms. The van der Waals surface area contributed by atoms with Crippen molar-refractivity contribution in [3.63, 3.8) is 0 Å². The lowest BCUT2D eigenvalue weighted by Crippen LogP contribution is -2.33. The lowest BCUT2D eigenvalue weighted by atomic mass is 10.1. The normalized spacial score (nSPS) is 14.1. The second-order valence-electron chi connectivity index (χ2n) is 5.27. The molecule has 24 heavy (non-hydrogen) atoms. The summed E-state index contributed by atoms with van der Waals surface area (Å²) in [6.45, 7) is 1.71. The quantitative estimate of drug-likeness (QED) is 0.907. The lowest BCUT2D eigenvalue weighted by Gasteiger charge is -2.31. The molecule has 1 aliphatic rings. The number of hydrogen-bond acceptors (Lipinski definition) is 5. The van der Waals surface area contributed by atoms with Gasteiger partial charge in [0.25, 0.3) is 0 Å². The first-order chi connectivity index (χ1) is 11.3. The zero-order chi connectivity index (χ0) is 17.5. The Hall–Kier alpha value is -2.84. The van der Waals surface area contributed by atoms with Crippen LogP contribution in [0.4, 0.5) is 19.0 Å². The Bertz CT molecular complexity index is 808. The third-order valence-corrected chi connectivity index (χ3v) is 3.68. The predicted molar refractivity (Wildman–Crippen MR) is 76.9 cm³/mol. The van der Waals surface area contributed by atoms with E-state index in [2.05, 4.69) is 9.97 Å². The van der Waals surface area contributed by atoms with Gasteiger partial charge >= 0.3 is 12.1 Å². The molecule has 0 atom stereocenters. The Kier molecular flexibility index (Phi) is 3.78. The van der Waals surface area contributed by atoms with E-state index in [-0.39, 0.29) is 19.0 Å². The van der Waals surface area contributed by atoms with E-state index in [4.69, 9.17) is 9.84 Å². The number of benzene rings is 1. The van der Waals surface area contributed by atoms with E-state index in [0.29, 0.717) is 22.7 Å². The van der Waals surface area contributed by atoms with Crippen molar-refractivity contribution < 1.29 is 27.8 Å². The number of carboxylic acid groups (broad SMARTS) is 1. The van der Waals surface area contributed by atoms with Crippen LogP contribution in [-0.4, -0.2) is 27.8 Å². The van der Waals surface area contributed by atoms with Crippen molar-refractivity contribution in [3.05, 3.63) is 46.9 Å². The van der Waals surface area contributed by atoms with Crippen LogP contribution in [-0.2, 0) is 12.7 Å². The van der Waals surface area contributed by atoms with Gasteiger partial charge in [0.15, 0.2) is 12.4 Å². The fraction of sp³-hybridized carbons (Fsp3) is 0.267. The van der Waals surface area contributed by atoms with Gasteiger partial charge in [0.05, 0.1) is 12.1 Å². The largest absolute Gasteiger partial charge is 0.476 e. The van der Waals surface area contributed by atoms with E-state index < -0.39 is 17.7 Å². The highest BCUT2D eigenvalue weighted by molar-refractivity contribution is 5.88. The molecule has 2 heterocycles. The van der Waals surface area contributed by atoms with E-state index in [1.54, 1.807) is 11.8 Å². The van der Waals surface area contributed by atoms with Crippen molar-refractivity contribution in [1.29, 1.82) is 0 Å². The van der Waals surface area contributed by atoms with Crippen molar-refractivity contribution in [1.82, 2.24) is 9.97 Å². The minimum Gasteiger partial charge on any atom is -0.476 e. The van der Waals surface area contributed by atoms with Crippen molar-refractivity contribution in [2.24, 2.45) is 0 Å². The number of carboxylic acids is 1. The van der Waals surface area contributed by atoms with Gasteiger partial charge in [-0.1, -0.05) is 0 Å². The predicted octanol–water partition coefficient (Wildman–Crippen LogP) is 2.86. The van der Waals surface area contributed by atoms with Gasteiger partial charge in [-0.25, -0.2) is 14.8 Å². The molecule has 6 nitrogen and oxygen atoms in total. The smallest absolute Gasteiger partial charge is 0.416 e. The lowest BCUT2D eigenvalue weighted by molar-refractivity contribution is -0.137. The minimum absolute atomic E-state index is 0.0509. The molecular weight excluding hydrogens is 327 g/mol. The fourth-order valence-electron chi connectivity index (χ4n) is 2.53. The molecular formula is C15H12F3N3O3. The molecule has 1 aromatic carbocycles. The molecule has 0 unspecified atom stereocenters. The van der Waals surface area contributed by atoms with Crippen LogP contribution in [0.15, 0.2) is 24.5 Å². The Morgan fingerprint density at radius 3 is 2.75 bits per heavy atom. The van der Waals surface area contributed by atoms with Crippen LogP contribution >= 0.6 is 0 Å². The van der Waals surface area contributed by atoms with Crippen molar-refractivity contribution in [2.75, 3.05) is 11.6 Å². The summed E-state index contributed by atoms with van der Waals surface area (Å²) in [7, 11) is 0. The van der Waals surface area contributed by atoms with Crippen molar-refractivity contribution in [3.8, 4) is 5.75 Å². The summed E-state index contributed by atoms with van der Waals surface area (Å²) in [5.41, 5.74) is -0.248. The topological polar surface area (TPSA) is 75.5 Å². The summed E-state index contributed by atoms with van der Waals surface area (Å²) in [6, 6.07) is 3.27. The Balaban J connectivity index is 1.95. The van der Waals surface area contributed by atoms with E-state index in [1.165, 1.54) is 6.07 Å². The van der Waals surface area contributed by atoms with Gasteiger partial charge in [-0.3, -0.25) is 0 Å². The molecule has 0 saturated carbocycles. The molecule has 1 N–H and O–H groups in total. The standard InChI is InChI=1S/C15H12F3N3O3/c1-8-12(14(22)23)19-6-20-13(8)21-5-9-4-10(15(16,17)18)2-3-11(9)24-7-21/h2-4,6H,5,7H2,1H3,(H,22,23). The number of halogens is 3. The fourth-order valence-corrected chi connectivity index (χ4v) is 2.53. The maximum atomic E-state index is 12.8. The van der Waals surface area contributed by atoms with Gasteiger partial charge in [0.1, 0.15) is 17.9 Å². The zero-order valence-electron chi connectivity index (χ0n) is 12.5. The summed E-state index contributed by atoms with van der Waals surface area (Å²) in [5, 5.41) is 9.11. The van der Waals surface area contributed by atoms with Crippen LogP contribution in [0.1, 0.15) is 27.2 Å². The Labute approximate surface area is 134 Å². The number of rotatable bonds is 2. The van der Waals surface area contributed by atoms with Crippen LogP contribution in [0, 0.1) is 6.92 Å². The Morgan fingerprint density at radius 1 is 1.33 bits per heavy atom. The van der Waals surface area contributed by atoms with Gasteiger partial charge in [0, 0.05) is 11.1 Å². The van der Waals surface area contributed by atoms with Crippen LogP contribution in [0.25, 0.3) is 0 Å². The maximum absolute atomic E-state index is 12.8. The maximum Gasteiger partial charge on any atom is 0.416 e. The van der Waals surface area contributed by atoms with E-state index in [1.807, 2.05) is 0 Å². The SMILES string of the molecule is Cc1c(C(=O)O)ncnc1N1COc2ccc(C(F)(F)F)cc2C1. The summed E-state index contributed by atoms with van der Waals surface area (Å²) < 4.78 is 44.0. The molecule has 0 radical (unpaired) electrons. The number of fused-ring (bicyclic) bond motifs is 1. The molecule has 0 amide bonds. The van der Waals surface area contributed by atoms with Gasteiger partial charge in [-0.2, -0.15) is 13.2 Å². The van der Waals surface area contributed by atoms with E-state index in [0.717, 1.165) is 18.5 Å². The van der Waals surface area contributed by atoms with Crippen LogP contribution in [0.2, 0.25) is 0 Å². The van der Waals surface area contributed by atoms with Crippen LogP contribution < -0.4 is 9.64 Å². The first kappa shape index (κ1) is 16.0. The third kappa shape index (κ3) is 2.84. The van der Waals surface area contributed by atoms with Crippen LogP contribution in [0.3, 0.4) is 0 Å². The van der Waals surface area contributed by atoms with Crippen molar-refractivity contribution >= 4 is 11.8 Å². The second-order valence-corrected chi connectivity index (χ2v) is 5.27. The number of ether oxygens (including phenoxy) is 1. The molecule has 0 bridgehead atoms. The number of anilines is 1. The summed E-state index contributed by atoms with van der Waals surface area (Å²) >= 11 is 0. The van der Waals surface area contributed by atoms with Gasteiger partial charge in [-0.05, 0) is 25.1 Å². The highest BCUT2D eigenvalue weighted by Crippen LogP contribution is 2.35. The molecule has 0 saturated heterocycles. The molecule has 3 rings (SSSR count). The first-order valence-electron chi connectivity index (χ1n) is 6.90. The Morgan fingerprint density at radius 2 is 2.08 bits per heavy atom. The number of alkyl halides is 3. The number of hydrogen-bond donors (Lipinski definition) is 1. The highest BCUT2D eigenvalue weighted by atomic mass is 19.4. The number of aromatic nitrogens is 2. The monoisotopic (exact) mass is 339 g/mol. The first-order valence-corrected chi connectivity index (χ1v) is 6.90.